The van der Waals surface area contributed by atoms with Gasteiger partial charge >= 0.3 is 5.97 Å². The first kappa shape index (κ1) is 35.5. The van der Waals surface area contributed by atoms with Crippen molar-refractivity contribution in [2.24, 2.45) is 5.92 Å². The monoisotopic (exact) mass is 688 g/mol. The van der Waals surface area contributed by atoms with E-state index in [2.05, 4.69) is 10.3 Å². The molecule has 1 aliphatic rings. The summed E-state index contributed by atoms with van der Waals surface area (Å²) in [6.45, 7) is 9.50. The number of benzene rings is 3. The van der Waals surface area contributed by atoms with Gasteiger partial charge in [-0.05, 0) is 100 Å². The average Bonchev–Trinajstić information content (AvgIpc) is 3.52. The van der Waals surface area contributed by atoms with Crippen molar-refractivity contribution in [2.75, 3.05) is 31.3 Å². The molecule has 49 heavy (non-hydrogen) atoms. The van der Waals surface area contributed by atoms with Gasteiger partial charge in [-0.2, -0.15) is 0 Å². The summed E-state index contributed by atoms with van der Waals surface area (Å²) in [5.41, 5.74) is 7.71. The molecule has 3 aromatic carbocycles. The number of methoxy groups -OCH3 is 1. The molecule has 12 heteroatoms. The van der Waals surface area contributed by atoms with Crippen LogP contribution in [-0.4, -0.2) is 61.8 Å². The number of hydrogen-bond acceptors (Lipinski definition) is 10. The predicted molar refractivity (Wildman–Crippen MR) is 189 cm³/mol. The number of esters is 1. The molecule has 0 aliphatic carbocycles. The first-order valence-electron chi connectivity index (χ1n) is 16.4. The smallest absolute Gasteiger partial charge is 0.311 e. The van der Waals surface area contributed by atoms with E-state index in [4.69, 9.17) is 19.9 Å². The van der Waals surface area contributed by atoms with Crippen LogP contribution >= 0.6 is 0 Å². The molecular formula is C37H44N4O7S. The number of fused-ring (bicyclic) bond motifs is 1. The molecule has 3 atom stereocenters. The molecule has 1 saturated heterocycles. The largest absolute Gasteiger partial charge is 0.490 e. The number of rotatable bonds is 12. The summed E-state index contributed by atoms with van der Waals surface area (Å²) in [5.74, 6) is -0.251. The van der Waals surface area contributed by atoms with Gasteiger partial charge in [0.15, 0.2) is 21.3 Å². The number of nitrogens with one attached hydrogen (secondary N) is 1. The number of sulfone groups is 1. The maximum absolute atomic E-state index is 15.0. The van der Waals surface area contributed by atoms with Crippen LogP contribution in [0.2, 0.25) is 0 Å². The van der Waals surface area contributed by atoms with Crippen LogP contribution in [0.3, 0.4) is 0 Å². The fourth-order valence-corrected chi connectivity index (χ4v) is 7.59. The second-order valence-corrected chi connectivity index (χ2v) is 15.0. The van der Waals surface area contributed by atoms with Crippen LogP contribution in [0.4, 0.5) is 11.5 Å². The highest BCUT2D eigenvalue weighted by Gasteiger charge is 2.46. The van der Waals surface area contributed by atoms with E-state index in [9.17, 15) is 18.0 Å². The number of amides is 1. The maximum Gasteiger partial charge on any atom is 0.311 e. The zero-order valence-electron chi connectivity index (χ0n) is 28.7. The fraction of sp³-hybridized carbons (Fsp3) is 0.378. The number of carbonyl (C=O) groups excluding carboxylic acids is 2. The van der Waals surface area contributed by atoms with Crippen molar-refractivity contribution in [1.29, 1.82) is 0 Å². The minimum absolute atomic E-state index is 0.0858. The summed E-state index contributed by atoms with van der Waals surface area (Å²) in [5, 5.41) is 4.31. The van der Waals surface area contributed by atoms with Crippen LogP contribution in [0, 0.1) is 5.92 Å². The molecular weight excluding hydrogens is 644 g/mol. The Morgan fingerprint density at radius 2 is 1.78 bits per heavy atom. The Hall–Kier alpha value is -4.84. The van der Waals surface area contributed by atoms with Crippen molar-refractivity contribution >= 4 is 44.0 Å². The van der Waals surface area contributed by atoms with E-state index in [1.165, 1.54) is 13.2 Å². The molecule has 0 bridgehead atoms. The van der Waals surface area contributed by atoms with Crippen molar-refractivity contribution in [3.8, 4) is 11.5 Å². The highest BCUT2D eigenvalue weighted by Crippen LogP contribution is 2.43. The van der Waals surface area contributed by atoms with E-state index in [0.717, 1.165) is 10.8 Å². The van der Waals surface area contributed by atoms with E-state index < -0.39 is 39.1 Å². The number of nitrogens with two attached hydrogens (primary N) is 1. The molecule has 2 heterocycles. The van der Waals surface area contributed by atoms with Crippen LogP contribution < -0.4 is 20.5 Å². The second-order valence-electron chi connectivity index (χ2n) is 12.5. The minimum Gasteiger partial charge on any atom is -0.490 e. The molecule has 4 aromatic rings. The lowest BCUT2D eigenvalue weighted by Gasteiger charge is -2.33. The Morgan fingerprint density at radius 1 is 1.02 bits per heavy atom. The Morgan fingerprint density at radius 3 is 2.47 bits per heavy atom. The number of anilines is 2. The first-order valence-corrected chi connectivity index (χ1v) is 18.0. The Kier molecular flexibility index (Phi) is 10.7. The lowest BCUT2D eigenvalue weighted by atomic mass is 9.93. The summed E-state index contributed by atoms with van der Waals surface area (Å²) in [6.07, 6.45) is 1.80. The van der Waals surface area contributed by atoms with E-state index in [1.807, 2.05) is 45.0 Å². The number of nitrogen functional groups attached to an aromatic ring is 1. The van der Waals surface area contributed by atoms with Crippen molar-refractivity contribution in [2.45, 2.75) is 69.4 Å². The van der Waals surface area contributed by atoms with Crippen molar-refractivity contribution in [1.82, 2.24) is 9.88 Å². The summed E-state index contributed by atoms with van der Waals surface area (Å²) in [6, 6.07) is 17.4. The van der Waals surface area contributed by atoms with Crippen LogP contribution in [0.1, 0.15) is 64.3 Å². The number of likely N-dealkylation sites (tertiary alicyclic amines) is 1. The quantitative estimate of drug-likeness (QED) is 0.167. The number of aromatic nitrogens is 1. The van der Waals surface area contributed by atoms with Gasteiger partial charge < -0.3 is 30.2 Å². The van der Waals surface area contributed by atoms with E-state index in [1.54, 1.807) is 61.3 Å². The summed E-state index contributed by atoms with van der Waals surface area (Å²) in [4.78, 5) is 34.1. The molecule has 1 aliphatic heterocycles. The van der Waals surface area contributed by atoms with Gasteiger partial charge in [-0.1, -0.05) is 24.3 Å². The van der Waals surface area contributed by atoms with Gasteiger partial charge in [-0.25, -0.2) is 13.4 Å². The summed E-state index contributed by atoms with van der Waals surface area (Å²) >= 11 is 0. The van der Waals surface area contributed by atoms with E-state index in [-0.39, 0.29) is 23.5 Å². The lowest BCUT2D eigenvalue weighted by Crippen LogP contribution is -2.40. The Bertz CT molecular complexity index is 1950. The summed E-state index contributed by atoms with van der Waals surface area (Å²) in [7, 11) is -2.48. The Balaban J connectivity index is 1.65. The minimum atomic E-state index is -3.77. The van der Waals surface area contributed by atoms with Gasteiger partial charge in [0.2, 0.25) is 5.91 Å². The Labute approximate surface area is 287 Å². The molecule has 0 radical (unpaired) electrons. The van der Waals surface area contributed by atoms with Crippen molar-refractivity contribution < 1.29 is 32.2 Å². The van der Waals surface area contributed by atoms with E-state index >= 15 is 0 Å². The molecule has 0 spiro atoms. The zero-order chi connectivity index (χ0) is 35.5. The van der Waals surface area contributed by atoms with Crippen LogP contribution in [-0.2, 0) is 24.2 Å². The number of nitrogens with zero attached hydrogens (tertiary/aromatic N) is 2. The molecule has 1 aromatic heterocycles. The van der Waals surface area contributed by atoms with Gasteiger partial charge in [-0.3, -0.25) is 9.59 Å². The number of hydrogen-bond donors (Lipinski definition) is 2. The third-order valence-corrected chi connectivity index (χ3v) is 10.9. The lowest BCUT2D eigenvalue weighted by molar-refractivity contribution is -0.147. The van der Waals surface area contributed by atoms with Gasteiger partial charge in [0.1, 0.15) is 11.9 Å². The van der Waals surface area contributed by atoms with Crippen LogP contribution in [0.25, 0.3) is 10.8 Å². The van der Waals surface area contributed by atoms with Gasteiger partial charge in [0, 0.05) is 23.8 Å². The van der Waals surface area contributed by atoms with E-state index in [0.29, 0.717) is 47.2 Å². The number of ether oxygens (including phenoxy) is 3. The fourth-order valence-electron chi connectivity index (χ4n) is 6.30. The van der Waals surface area contributed by atoms with Crippen LogP contribution in [0.15, 0.2) is 77.8 Å². The molecule has 1 fully saturated rings. The third kappa shape index (κ3) is 7.29. The number of pyridine rings is 1. The second kappa shape index (κ2) is 14.7. The van der Waals surface area contributed by atoms with Gasteiger partial charge in [-0.15, -0.1) is 0 Å². The average molecular weight is 689 g/mol. The van der Waals surface area contributed by atoms with Crippen LogP contribution in [0.5, 0.6) is 11.5 Å². The highest BCUT2D eigenvalue weighted by molar-refractivity contribution is 7.92. The third-order valence-electron chi connectivity index (χ3n) is 8.67. The SMILES string of the molecule is CCOc1cc([C@H](Nc2ccc3c(N)nccc3c2)C(=O)N2CC[C@H](C(=O)OC)[C@@H]2c2ccccc2S(=O)(=O)C(C)C)ccc1OC(C)C. The maximum atomic E-state index is 15.0. The molecule has 3 N–H and O–H groups in total. The van der Waals surface area contributed by atoms with Gasteiger partial charge in [0.05, 0.1) is 41.9 Å². The molecule has 11 nitrogen and oxygen atoms in total. The zero-order valence-corrected chi connectivity index (χ0v) is 29.5. The molecule has 0 unspecified atom stereocenters. The molecule has 1 amide bonds. The predicted octanol–water partition coefficient (Wildman–Crippen LogP) is 6.10. The normalized spacial score (nSPS) is 16.9. The summed E-state index contributed by atoms with van der Waals surface area (Å²) < 4.78 is 44.3. The van der Waals surface area contributed by atoms with Crippen molar-refractivity contribution in [3.63, 3.8) is 0 Å². The topological polar surface area (TPSA) is 150 Å². The standard InChI is InChI=1S/C37H44N4O7S/c1-7-47-31-21-25(12-15-30(31)48-22(2)3)33(40-26-13-14-27-24(20-26)16-18-39-35(27)38)36(42)41-19-17-29(37(43)46-6)34(41)28-10-8-9-11-32(28)49(44,45)23(4)5/h8-16,18,20-23,29,33-34,40H,7,17,19H2,1-6H3,(H2,38,39)/t29-,33-,34-/m0/s1. The highest BCUT2D eigenvalue weighted by atomic mass is 32.2. The molecule has 260 valence electrons. The first-order chi connectivity index (χ1) is 23.4. The molecule has 0 saturated carbocycles. The number of carbonyl (C=O) groups is 2. The molecule has 5 rings (SSSR count). The van der Waals surface area contributed by atoms with Crippen molar-refractivity contribution in [3.05, 3.63) is 84.1 Å². The van der Waals surface area contributed by atoms with Gasteiger partial charge in [0.25, 0.3) is 0 Å².